The van der Waals surface area contributed by atoms with Crippen LogP contribution in [-0.2, 0) is 0 Å². The van der Waals surface area contributed by atoms with E-state index < -0.39 is 0 Å². The molecule has 0 aliphatic carbocycles. The van der Waals surface area contributed by atoms with E-state index in [-0.39, 0.29) is 5.91 Å². The third kappa shape index (κ3) is 2.37. The molecule has 100 valence electrons. The van der Waals surface area contributed by atoms with Crippen molar-refractivity contribution in [1.82, 2.24) is 8.75 Å². The zero-order chi connectivity index (χ0) is 14.1. The minimum atomic E-state index is -0.212. The van der Waals surface area contributed by atoms with Gasteiger partial charge in [-0.05, 0) is 36.8 Å². The second kappa shape index (κ2) is 5.19. The molecule has 1 heterocycles. The minimum Gasteiger partial charge on any atom is -0.320 e. The van der Waals surface area contributed by atoms with Crippen LogP contribution in [0.1, 0.15) is 15.9 Å². The molecule has 0 radical (unpaired) electrons. The second-order valence-corrected chi connectivity index (χ2v) is 5.32. The SMILES string of the molecule is Cc1ccc2nsnc2c1NC(=O)c1cccc(Cl)c1. The van der Waals surface area contributed by atoms with Crippen LogP contribution in [0.4, 0.5) is 5.69 Å². The number of carbonyl (C=O) groups excluding carboxylic acids is 1. The summed E-state index contributed by atoms with van der Waals surface area (Å²) < 4.78 is 8.41. The van der Waals surface area contributed by atoms with Crippen molar-refractivity contribution in [3.8, 4) is 0 Å². The molecule has 4 nitrogen and oxygen atoms in total. The van der Waals surface area contributed by atoms with Crippen molar-refractivity contribution in [3.05, 3.63) is 52.5 Å². The number of nitrogens with one attached hydrogen (secondary N) is 1. The average Bonchev–Trinajstić information content (AvgIpc) is 2.90. The van der Waals surface area contributed by atoms with Crippen LogP contribution in [0, 0.1) is 6.92 Å². The Morgan fingerprint density at radius 2 is 2.10 bits per heavy atom. The number of fused-ring (bicyclic) bond motifs is 1. The molecule has 0 saturated carbocycles. The van der Waals surface area contributed by atoms with Crippen molar-refractivity contribution in [2.45, 2.75) is 6.92 Å². The lowest BCUT2D eigenvalue weighted by molar-refractivity contribution is 0.102. The van der Waals surface area contributed by atoms with Gasteiger partial charge in [-0.3, -0.25) is 4.79 Å². The van der Waals surface area contributed by atoms with Gasteiger partial charge in [-0.2, -0.15) is 8.75 Å². The summed E-state index contributed by atoms with van der Waals surface area (Å²) in [5, 5.41) is 3.42. The number of aromatic nitrogens is 2. The number of rotatable bonds is 2. The Hall–Kier alpha value is -1.98. The number of anilines is 1. The molecule has 1 aromatic heterocycles. The lowest BCUT2D eigenvalue weighted by Gasteiger charge is -2.09. The molecule has 20 heavy (non-hydrogen) atoms. The Morgan fingerprint density at radius 1 is 1.25 bits per heavy atom. The number of hydrogen-bond acceptors (Lipinski definition) is 4. The third-order valence-electron chi connectivity index (χ3n) is 2.96. The van der Waals surface area contributed by atoms with Gasteiger partial charge in [-0.25, -0.2) is 0 Å². The summed E-state index contributed by atoms with van der Waals surface area (Å²) in [6.45, 7) is 1.92. The molecule has 0 aliphatic rings. The molecule has 2 aromatic carbocycles. The van der Waals surface area contributed by atoms with E-state index >= 15 is 0 Å². The van der Waals surface area contributed by atoms with Gasteiger partial charge in [-0.15, -0.1) is 0 Å². The van der Waals surface area contributed by atoms with Gasteiger partial charge in [0.2, 0.25) is 0 Å². The number of nitrogens with zero attached hydrogens (tertiary/aromatic N) is 2. The van der Waals surface area contributed by atoms with Crippen molar-refractivity contribution in [1.29, 1.82) is 0 Å². The van der Waals surface area contributed by atoms with Crippen LogP contribution >= 0.6 is 23.3 Å². The van der Waals surface area contributed by atoms with Gasteiger partial charge in [-0.1, -0.05) is 23.7 Å². The molecule has 0 atom stereocenters. The van der Waals surface area contributed by atoms with Crippen LogP contribution in [0.5, 0.6) is 0 Å². The summed E-state index contributed by atoms with van der Waals surface area (Å²) in [5.74, 6) is -0.212. The standard InChI is InChI=1S/C14H10ClN3OS/c1-8-5-6-11-13(18-20-17-11)12(8)16-14(19)9-3-2-4-10(15)7-9/h2-7H,1H3,(H,16,19). The number of benzene rings is 2. The zero-order valence-corrected chi connectivity index (χ0v) is 12.1. The third-order valence-corrected chi connectivity index (χ3v) is 3.74. The fraction of sp³-hybridized carbons (Fsp3) is 0.0714. The molecule has 3 aromatic rings. The lowest BCUT2D eigenvalue weighted by atomic mass is 10.1. The van der Waals surface area contributed by atoms with E-state index in [1.165, 1.54) is 0 Å². The Morgan fingerprint density at radius 3 is 2.90 bits per heavy atom. The highest BCUT2D eigenvalue weighted by Crippen LogP contribution is 2.26. The van der Waals surface area contributed by atoms with E-state index in [1.807, 2.05) is 19.1 Å². The van der Waals surface area contributed by atoms with Crippen LogP contribution in [-0.4, -0.2) is 14.7 Å². The summed E-state index contributed by atoms with van der Waals surface area (Å²) in [4.78, 5) is 12.3. The summed E-state index contributed by atoms with van der Waals surface area (Å²) >= 11 is 7.03. The molecule has 6 heteroatoms. The second-order valence-electron chi connectivity index (χ2n) is 4.35. The average molecular weight is 304 g/mol. The first kappa shape index (κ1) is 13.0. The first-order valence-corrected chi connectivity index (χ1v) is 7.05. The summed E-state index contributed by atoms with van der Waals surface area (Å²) in [6, 6.07) is 10.6. The number of aryl methyl sites for hydroxylation is 1. The van der Waals surface area contributed by atoms with Gasteiger partial charge in [0.1, 0.15) is 11.0 Å². The van der Waals surface area contributed by atoms with E-state index in [4.69, 9.17) is 11.6 Å². The maximum absolute atomic E-state index is 12.3. The molecule has 0 fully saturated rings. The zero-order valence-electron chi connectivity index (χ0n) is 10.6. The first-order valence-electron chi connectivity index (χ1n) is 5.94. The van der Waals surface area contributed by atoms with Crippen molar-refractivity contribution in [2.75, 3.05) is 5.32 Å². The Bertz CT molecular complexity index is 800. The van der Waals surface area contributed by atoms with E-state index in [0.717, 1.165) is 22.8 Å². The van der Waals surface area contributed by atoms with Crippen LogP contribution < -0.4 is 5.32 Å². The fourth-order valence-corrected chi connectivity index (χ4v) is 2.66. The Kier molecular flexibility index (Phi) is 3.38. The number of halogens is 1. The molecule has 0 bridgehead atoms. The maximum atomic E-state index is 12.3. The van der Waals surface area contributed by atoms with Crippen molar-refractivity contribution in [3.63, 3.8) is 0 Å². The topological polar surface area (TPSA) is 54.9 Å². The van der Waals surface area contributed by atoms with E-state index in [9.17, 15) is 4.79 Å². The number of amides is 1. The Balaban J connectivity index is 1.99. The minimum absolute atomic E-state index is 0.212. The monoisotopic (exact) mass is 303 g/mol. The number of carbonyl (C=O) groups is 1. The largest absolute Gasteiger partial charge is 0.320 e. The predicted octanol–water partition coefficient (Wildman–Crippen LogP) is 3.91. The van der Waals surface area contributed by atoms with Crippen molar-refractivity contribution >= 4 is 46.0 Å². The molecule has 1 amide bonds. The lowest BCUT2D eigenvalue weighted by Crippen LogP contribution is -2.13. The van der Waals surface area contributed by atoms with Gasteiger partial charge in [0, 0.05) is 10.6 Å². The molecule has 3 rings (SSSR count). The van der Waals surface area contributed by atoms with Gasteiger partial charge in [0.15, 0.2) is 0 Å². The van der Waals surface area contributed by atoms with Crippen LogP contribution in [0.2, 0.25) is 5.02 Å². The van der Waals surface area contributed by atoms with Crippen molar-refractivity contribution in [2.24, 2.45) is 0 Å². The van der Waals surface area contributed by atoms with Gasteiger partial charge in [0.05, 0.1) is 17.4 Å². The quantitative estimate of drug-likeness (QED) is 0.781. The molecule has 0 aliphatic heterocycles. The summed E-state index contributed by atoms with van der Waals surface area (Å²) in [7, 11) is 0. The molecule has 0 spiro atoms. The molecule has 0 saturated heterocycles. The van der Waals surface area contributed by atoms with Crippen LogP contribution in [0.25, 0.3) is 11.0 Å². The predicted molar refractivity (Wildman–Crippen MR) is 81.6 cm³/mol. The smallest absolute Gasteiger partial charge is 0.255 e. The van der Waals surface area contributed by atoms with E-state index in [0.29, 0.717) is 21.8 Å². The number of hydrogen-bond donors (Lipinski definition) is 1. The highest BCUT2D eigenvalue weighted by atomic mass is 35.5. The van der Waals surface area contributed by atoms with E-state index in [2.05, 4.69) is 14.1 Å². The molecule has 0 unspecified atom stereocenters. The summed E-state index contributed by atoms with van der Waals surface area (Å²) in [5.41, 5.74) is 3.64. The van der Waals surface area contributed by atoms with E-state index in [1.54, 1.807) is 24.3 Å². The van der Waals surface area contributed by atoms with Crippen LogP contribution in [0.3, 0.4) is 0 Å². The molecular weight excluding hydrogens is 294 g/mol. The highest BCUT2D eigenvalue weighted by molar-refractivity contribution is 7.00. The van der Waals surface area contributed by atoms with Gasteiger partial charge in [0.25, 0.3) is 5.91 Å². The van der Waals surface area contributed by atoms with Crippen LogP contribution in [0.15, 0.2) is 36.4 Å². The molecule has 1 N–H and O–H groups in total. The van der Waals surface area contributed by atoms with Gasteiger partial charge < -0.3 is 5.32 Å². The normalized spacial score (nSPS) is 10.7. The maximum Gasteiger partial charge on any atom is 0.255 e. The fourth-order valence-electron chi connectivity index (χ4n) is 1.93. The highest BCUT2D eigenvalue weighted by Gasteiger charge is 2.13. The summed E-state index contributed by atoms with van der Waals surface area (Å²) in [6.07, 6.45) is 0. The Labute approximate surface area is 124 Å². The molecular formula is C14H10ClN3OS. The van der Waals surface area contributed by atoms with Crippen molar-refractivity contribution < 1.29 is 4.79 Å². The first-order chi connectivity index (χ1) is 9.65. The van der Waals surface area contributed by atoms with Gasteiger partial charge >= 0.3 is 0 Å².